The number of benzene rings is 3. The summed E-state index contributed by atoms with van der Waals surface area (Å²) in [6.45, 7) is 11.7. The van der Waals surface area contributed by atoms with E-state index < -0.39 is 0 Å². The molecule has 0 aliphatic heterocycles. The molecule has 0 bridgehead atoms. The van der Waals surface area contributed by atoms with Crippen LogP contribution in [0.4, 0.5) is 5.69 Å². The van der Waals surface area contributed by atoms with Gasteiger partial charge < -0.3 is 9.84 Å². The van der Waals surface area contributed by atoms with Crippen LogP contribution in [0.1, 0.15) is 50.6 Å². The predicted octanol–water partition coefficient (Wildman–Crippen LogP) is 6.81. The van der Waals surface area contributed by atoms with Gasteiger partial charge in [-0.2, -0.15) is 4.98 Å². The second kappa shape index (κ2) is 7.94. The Morgan fingerprint density at radius 3 is 2.57 bits per heavy atom. The lowest BCUT2D eigenvalue weighted by molar-refractivity contribution is 0.371. The van der Waals surface area contributed by atoms with Gasteiger partial charge in [0.15, 0.2) is 0 Å². The summed E-state index contributed by atoms with van der Waals surface area (Å²) < 4.78 is 5.71. The first-order valence-electron chi connectivity index (χ1n) is 10.5. The van der Waals surface area contributed by atoms with E-state index in [9.17, 15) is 0 Å². The number of rotatable bonds is 5. The number of aromatic nitrogens is 2. The third kappa shape index (κ3) is 4.23. The van der Waals surface area contributed by atoms with E-state index >= 15 is 0 Å². The number of aryl methyl sites for hydroxylation is 1. The maximum absolute atomic E-state index is 5.71. The Balaban J connectivity index is 1.64. The summed E-state index contributed by atoms with van der Waals surface area (Å²) >= 11 is 0. The van der Waals surface area contributed by atoms with Crippen LogP contribution in [0, 0.1) is 12.3 Å². The van der Waals surface area contributed by atoms with Gasteiger partial charge in [0.2, 0.25) is 11.7 Å². The highest BCUT2D eigenvalue weighted by Crippen LogP contribution is 2.32. The number of hydrogen-bond donors (Lipinski definition) is 1. The molecule has 0 radical (unpaired) electrons. The largest absolute Gasteiger partial charge is 0.385 e. The average Bonchev–Trinajstić information content (AvgIpc) is 3.21. The molecule has 1 atom stereocenters. The second-order valence-electron chi connectivity index (χ2n) is 9.19. The van der Waals surface area contributed by atoms with E-state index in [1.807, 2.05) is 0 Å². The average molecular weight is 400 g/mol. The third-order valence-electron chi connectivity index (χ3n) is 5.40. The molecule has 30 heavy (non-hydrogen) atoms. The van der Waals surface area contributed by atoms with Crippen LogP contribution in [-0.4, -0.2) is 16.7 Å². The molecule has 4 aromatic rings. The van der Waals surface area contributed by atoms with Crippen molar-refractivity contribution in [3.8, 4) is 11.4 Å². The maximum atomic E-state index is 5.71. The molecule has 0 spiro atoms. The van der Waals surface area contributed by atoms with Gasteiger partial charge in [0.25, 0.3) is 0 Å². The summed E-state index contributed by atoms with van der Waals surface area (Å²) in [4.78, 5) is 4.77. The minimum Gasteiger partial charge on any atom is -0.385 e. The van der Waals surface area contributed by atoms with Crippen molar-refractivity contribution in [2.75, 3.05) is 11.9 Å². The maximum Gasteiger partial charge on any atom is 0.234 e. The molecule has 0 aliphatic rings. The van der Waals surface area contributed by atoms with Gasteiger partial charge in [0, 0.05) is 17.8 Å². The van der Waals surface area contributed by atoms with E-state index in [1.54, 1.807) is 0 Å². The van der Waals surface area contributed by atoms with Crippen LogP contribution >= 0.6 is 0 Å². The summed E-state index contributed by atoms with van der Waals surface area (Å²) in [6.07, 6.45) is 0. The van der Waals surface area contributed by atoms with E-state index in [0.29, 0.717) is 11.7 Å². The van der Waals surface area contributed by atoms with Crippen molar-refractivity contribution in [3.63, 3.8) is 0 Å². The van der Waals surface area contributed by atoms with Crippen LogP contribution < -0.4 is 5.32 Å². The highest BCUT2D eigenvalue weighted by atomic mass is 16.5. The molecule has 4 heteroatoms. The molecule has 4 rings (SSSR count). The fraction of sp³-hybridized carbons (Fsp3) is 0.308. The normalized spacial score (nSPS) is 12.8. The molecule has 1 aromatic heterocycles. The van der Waals surface area contributed by atoms with Crippen LogP contribution in [0.3, 0.4) is 0 Å². The topological polar surface area (TPSA) is 51.0 Å². The van der Waals surface area contributed by atoms with Gasteiger partial charge in [-0.15, -0.1) is 0 Å². The molecule has 0 aliphatic carbocycles. The Morgan fingerprint density at radius 2 is 1.77 bits per heavy atom. The smallest absolute Gasteiger partial charge is 0.234 e. The van der Waals surface area contributed by atoms with Crippen LogP contribution in [-0.2, 0) is 0 Å². The van der Waals surface area contributed by atoms with Crippen LogP contribution in [0.15, 0.2) is 65.2 Å². The van der Waals surface area contributed by atoms with E-state index in [-0.39, 0.29) is 11.3 Å². The summed E-state index contributed by atoms with van der Waals surface area (Å²) in [6, 6.07) is 21.1. The van der Waals surface area contributed by atoms with Crippen molar-refractivity contribution in [3.05, 3.63) is 77.7 Å². The summed E-state index contributed by atoms with van der Waals surface area (Å²) in [5.41, 5.74) is 4.59. The lowest BCUT2D eigenvalue weighted by atomic mass is 9.95. The lowest BCUT2D eigenvalue weighted by Gasteiger charge is -2.20. The van der Waals surface area contributed by atoms with Crippen molar-refractivity contribution >= 4 is 16.5 Å². The number of nitrogens with zero attached hydrogens (tertiary/aromatic N) is 2. The lowest BCUT2D eigenvalue weighted by Crippen LogP contribution is -2.19. The van der Waals surface area contributed by atoms with E-state index in [1.165, 1.54) is 16.3 Å². The zero-order valence-electron chi connectivity index (χ0n) is 18.4. The van der Waals surface area contributed by atoms with Gasteiger partial charge in [0.05, 0.1) is 5.92 Å². The third-order valence-corrected chi connectivity index (χ3v) is 5.40. The molecular weight excluding hydrogens is 370 g/mol. The standard InChI is InChI=1S/C26H29N3O/c1-17-13-14-20(27-16-26(3,4)5)15-23(17)24-28-25(30-29-24)18(2)21-12-8-10-19-9-6-7-11-22(19)21/h6-15,18,27H,16H2,1-5H3. The first-order valence-corrected chi connectivity index (χ1v) is 10.5. The van der Waals surface area contributed by atoms with Crippen LogP contribution in [0.5, 0.6) is 0 Å². The summed E-state index contributed by atoms with van der Waals surface area (Å²) in [5.74, 6) is 1.28. The van der Waals surface area contributed by atoms with Crippen molar-refractivity contribution < 1.29 is 4.52 Å². The second-order valence-corrected chi connectivity index (χ2v) is 9.19. The first kappa shape index (κ1) is 20.1. The minimum absolute atomic E-state index is 0.0138. The molecule has 0 saturated heterocycles. The van der Waals surface area contributed by atoms with Gasteiger partial charge in [-0.25, -0.2) is 0 Å². The van der Waals surface area contributed by atoms with E-state index in [4.69, 9.17) is 9.51 Å². The monoisotopic (exact) mass is 399 g/mol. The van der Waals surface area contributed by atoms with Crippen molar-refractivity contribution in [1.82, 2.24) is 10.1 Å². The first-order chi connectivity index (χ1) is 14.3. The van der Waals surface area contributed by atoms with Gasteiger partial charge >= 0.3 is 0 Å². The summed E-state index contributed by atoms with van der Waals surface area (Å²) in [7, 11) is 0. The van der Waals surface area contributed by atoms with Gasteiger partial charge in [-0.05, 0) is 53.3 Å². The Hall–Kier alpha value is -3.14. The van der Waals surface area contributed by atoms with Gasteiger partial charge in [-0.3, -0.25) is 0 Å². The van der Waals surface area contributed by atoms with E-state index in [2.05, 4.69) is 106 Å². The number of nitrogens with one attached hydrogen (secondary N) is 1. The molecular formula is C26H29N3O. The molecule has 1 heterocycles. The molecule has 4 nitrogen and oxygen atoms in total. The fourth-order valence-electron chi connectivity index (χ4n) is 3.62. The SMILES string of the molecule is Cc1ccc(NCC(C)(C)C)cc1-c1noc(C(C)c2cccc3ccccc23)n1. The highest BCUT2D eigenvalue weighted by Gasteiger charge is 2.20. The minimum atomic E-state index is 0.0138. The highest BCUT2D eigenvalue weighted by molar-refractivity contribution is 5.86. The number of fused-ring (bicyclic) bond motifs is 1. The fourth-order valence-corrected chi connectivity index (χ4v) is 3.62. The van der Waals surface area contributed by atoms with Gasteiger partial charge in [0.1, 0.15) is 0 Å². The van der Waals surface area contributed by atoms with E-state index in [0.717, 1.165) is 23.4 Å². The zero-order chi connectivity index (χ0) is 21.3. The summed E-state index contributed by atoms with van der Waals surface area (Å²) in [5, 5.41) is 10.3. The zero-order valence-corrected chi connectivity index (χ0v) is 18.4. The Kier molecular flexibility index (Phi) is 5.33. The van der Waals surface area contributed by atoms with Crippen molar-refractivity contribution in [2.45, 2.75) is 40.5 Å². The molecule has 0 amide bonds. The Bertz CT molecular complexity index is 1170. The van der Waals surface area contributed by atoms with Crippen LogP contribution in [0.2, 0.25) is 0 Å². The molecule has 1 unspecified atom stereocenters. The van der Waals surface area contributed by atoms with Crippen molar-refractivity contribution in [1.29, 1.82) is 0 Å². The Labute approximate surface area is 178 Å². The quantitative estimate of drug-likeness (QED) is 0.400. The van der Waals surface area contributed by atoms with Crippen molar-refractivity contribution in [2.24, 2.45) is 5.41 Å². The molecule has 3 aromatic carbocycles. The predicted molar refractivity (Wildman–Crippen MR) is 124 cm³/mol. The molecule has 154 valence electrons. The van der Waals surface area contributed by atoms with Crippen LogP contribution in [0.25, 0.3) is 22.2 Å². The van der Waals surface area contributed by atoms with Gasteiger partial charge in [-0.1, -0.05) is 74.5 Å². The Morgan fingerprint density at radius 1 is 1.00 bits per heavy atom. The number of hydrogen-bond acceptors (Lipinski definition) is 4. The molecule has 0 fully saturated rings. The molecule has 1 N–H and O–H groups in total. The number of anilines is 1. The molecule has 0 saturated carbocycles.